The number of aromatic nitrogens is 1. The van der Waals surface area contributed by atoms with Crippen LogP contribution in [0.15, 0.2) is 24.5 Å². The Bertz CT molecular complexity index is 528. The average molecular weight is 290 g/mol. The molecule has 2 saturated heterocycles. The summed E-state index contributed by atoms with van der Waals surface area (Å²) in [4.78, 5) is 29.4. The van der Waals surface area contributed by atoms with Crippen molar-refractivity contribution in [3.05, 3.63) is 30.1 Å². The molecule has 21 heavy (non-hydrogen) atoms. The predicted molar refractivity (Wildman–Crippen MR) is 73.4 cm³/mol. The van der Waals surface area contributed by atoms with Crippen LogP contribution in [0.25, 0.3) is 0 Å². The Morgan fingerprint density at radius 2 is 2.38 bits per heavy atom. The molecule has 0 aromatic carbocycles. The summed E-state index contributed by atoms with van der Waals surface area (Å²) in [6.07, 6.45) is 5.25. The highest BCUT2D eigenvalue weighted by molar-refractivity contribution is 5.87. The van der Waals surface area contributed by atoms with Gasteiger partial charge in [-0.05, 0) is 24.5 Å². The van der Waals surface area contributed by atoms with E-state index in [2.05, 4.69) is 4.98 Å². The minimum absolute atomic E-state index is 0.0145. The number of hydrogen-bond donors (Lipinski definition) is 1. The summed E-state index contributed by atoms with van der Waals surface area (Å²) in [5, 5.41) is 9.41. The van der Waals surface area contributed by atoms with Gasteiger partial charge in [-0.3, -0.25) is 14.6 Å². The lowest BCUT2D eigenvalue weighted by molar-refractivity contribution is -0.142. The van der Waals surface area contributed by atoms with Gasteiger partial charge in [0.05, 0.1) is 18.1 Å². The van der Waals surface area contributed by atoms with Gasteiger partial charge in [0.25, 0.3) is 0 Å². The number of ether oxygens (including phenoxy) is 1. The zero-order valence-corrected chi connectivity index (χ0v) is 11.6. The summed E-state index contributed by atoms with van der Waals surface area (Å²) in [6.45, 7) is 1.18. The van der Waals surface area contributed by atoms with Gasteiger partial charge in [-0.2, -0.15) is 0 Å². The van der Waals surface area contributed by atoms with Crippen molar-refractivity contribution < 1.29 is 19.4 Å². The topological polar surface area (TPSA) is 79.7 Å². The van der Waals surface area contributed by atoms with Gasteiger partial charge in [-0.15, -0.1) is 0 Å². The van der Waals surface area contributed by atoms with E-state index >= 15 is 0 Å². The molecule has 3 atom stereocenters. The quantitative estimate of drug-likeness (QED) is 0.902. The Morgan fingerprint density at radius 1 is 1.52 bits per heavy atom. The van der Waals surface area contributed by atoms with Crippen LogP contribution in [-0.4, -0.2) is 46.1 Å². The third-order valence-electron chi connectivity index (χ3n) is 4.20. The molecule has 1 N–H and O–H groups in total. The first-order chi connectivity index (χ1) is 10.2. The van der Waals surface area contributed by atoms with Crippen LogP contribution < -0.4 is 0 Å². The molecule has 6 nitrogen and oxygen atoms in total. The fraction of sp³-hybridized carbons (Fsp3) is 0.533. The van der Waals surface area contributed by atoms with Crippen LogP contribution in [0.1, 0.15) is 30.9 Å². The molecule has 0 bridgehead atoms. The fourth-order valence-electron chi connectivity index (χ4n) is 3.20. The SMILES string of the molecule is O=C(O)[C@@H]1CC(=O)N(C[C@@H]2CCCO2)[C@H]1c1cccnc1. The third-order valence-corrected chi connectivity index (χ3v) is 4.20. The molecule has 1 amide bonds. The average Bonchev–Trinajstić information content (AvgIpc) is 3.09. The third kappa shape index (κ3) is 2.76. The molecule has 1 aromatic rings. The molecule has 0 aliphatic carbocycles. The molecular formula is C15H18N2O4. The summed E-state index contributed by atoms with van der Waals surface area (Å²) < 4.78 is 5.59. The molecule has 3 rings (SSSR count). The van der Waals surface area contributed by atoms with Gasteiger partial charge in [0.15, 0.2) is 0 Å². The lowest BCUT2D eigenvalue weighted by Crippen LogP contribution is -2.36. The summed E-state index contributed by atoms with van der Waals surface area (Å²) in [5.41, 5.74) is 0.772. The Labute approximate surface area is 122 Å². The largest absolute Gasteiger partial charge is 0.481 e. The van der Waals surface area contributed by atoms with Crippen molar-refractivity contribution in [2.24, 2.45) is 5.92 Å². The number of hydrogen-bond acceptors (Lipinski definition) is 4. The summed E-state index contributed by atoms with van der Waals surface area (Å²) >= 11 is 0. The number of carbonyl (C=O) groups excluding carboxylic acids is 1. The van der Waals surface area contributed by atoms with Crippen molar-refractivity contribution in [1.82, 2.24) is 9.88 Å². The van der Waals surface area contributed by atoms with E-state index < -0.39 is 17.9 Å². The standard InChI is InChI=1S/C15H18N2O4/c18-13-7-12(15(19)20)14(10-3-1-5-16-8-10)17(13)9-11-4-2-6-21-11/h1,3,5,8,11-12,14H,2,4,6-7,9H2,(H,19,20)/t11-,12+,14-/m0/s1. The zero-order valence-electron chi connectivity index (χ0n) is 11.6. The van der Waals surface area contributed by atoms with Crippen LogP contribution in [0, 0.1) is 5.92 Å². The first-order valence-electron chi connectivity index (χ1n) is 7.20. The van der Waals surface area contributed by atoms with Crippen LogP contribution in [0.5, 0.6) is 0 Å². The maximum Gasteiger partial charge on any atom is 0.309 e. The highest BCUT2D eigenvalue weighted by Gasteiger charge is 2.45. The molecule has 2 fully saturated rings. The van der Waals surface area contributed by atoms with E-state index in [0.717, 1.165) is 18.4 Å². The molecule has 0 radical (unpaired) electrons. The van der Waals surface area contributed by atoms with Gasteiger partial charge in [-0.25, -0.2) is 0 Å². The lowest BCUT2D eigenvalue weighted by Gasteiger charge is -2.29. The number of carboxylic acids is 1. The van der Waals surface area contributed by atoms with Crippen LogP contribution in [-0.2, 0) is 14.3 Å². The smallest absolute Gasteiger partial charge is 0.309 e. The van der Waals surface area contributed by atoms with Gasteiger partial charge in [-0.1, -0.05) is 6.07 Å². The number of carbonyl (C=O) groups is 2. The number of carboxylic acid groups (broad SMARTS) is 1. The van der Waals surface area contributed by atoms with Crippen molar-refractivity contribution >= 4 is 11.9 Å². The summed E-state index contributed by atoms with van der Waals surface area (Å²) in [6, 6.07) is 3.14. The molecule has 6 heteroatoms. The van der Waals surface area contributed by atoms with Crippen molar-refractivity contribution in [2.45, 2.75) is 31.4 Å². The molecule has 112 valence electrons. The van der Waals surface area contributed by atoms with E-state index in [1.807, 2.05) is 6.07 Å². The first-order valence-corrected chi connectivity index (χ1v) is 7.20. The van der Waals surface area contributed by atoms with Crippen molar-refractivity contribution in [1.29, 1.82) is 0 Å². The number of amides is 1. The van der Waals surface area contributed by atoms with E-state index in [0.29, 0.717) is 13.2 Å². The van der Waals surface area contributed by atoms with Gasteiger partial charge in [0.2, 0.25) is 5.91 Å². The van der Waals surface area contributed by atoms with Gasteiger partial charge < -0.3 is 14.7 Å². The van der Waals surface area contributed by atoms with E-state index in [9.17, 15) is 14.7 Å². The number of rotatable bonds is 4. The molecule has 0 saturated carbocycles. The van der Waals surface area contributed by atoms with Crippen molar-refractivity contribution in [2.75, 3.05) is 13.2 Å². The van der Waals surface area contributed by atoms with Gasteiger partial charge in [0, 0.05) is 32.0 Å². The maximum absolute atomic E-state index is 12.2. The lowest BCUT2D eigenvalue weighted by atomic mass is 9.94. The number of pyridine rings is 1. The molecule has 1 aromatic heterocycles. The molecule has 0 spiro atoms. The normalized spacial score (nSPS) is 29.0. The Morgan fingerprint density at radius 3 is 3.00 bits per heavy atom. The van der Waals surface area contributed by atoms with E-state index in [1.54, 1.807) is 23.4 Å². The highest BCUT2D eigenvalue weighted by Crippen LogP contribution is 2.38. The first kappa shape index (κ1) is 14.0. The second-order valence-corrected chi connectivity index (χ2v) is 5.56. The van der Waals surface area contributed by atoms with Crippen molar-refractivity contribution in [3.8, 4) is 0 Å². The second-order valence-electron chi connectivity index (χ2n) is 5.56. The predicted octanol–water partition coefficient (Wildman–Crippen LogP) is 1.23. The monoisotopic (exact) mass is 290 g/mol. The number of aliphatic carboxylic acids is 1. The summed E-state index contributed by atoms with van der Waals surface area (Å²) in [7, 11) is 0. The molecule has 0 unspecified atom stereocenters. The molecule has 2 aliphatic rings. The van der Waals surface area contributed by atoms with E-state index in [4.69, 9.17) is 4.74 Å². The number of likely N-dealkylation sites (tertiary alicyclic amines) is 1. The minimum atomic E-state index is -0.938. The fourth-order valence-corrected chi connectivity index (χ4v) is 3.20. The van der Waals surface area contributed by atoms with Crippen LogP contribution in [0.2, 0.25) is 0 Å². The highest BCUT2D eigenvalue weighted by atomic mass is 16.5. The zero-order chi connectivity index (χ0) is 14.8. The van der Waals surface area contributed by atoms with Gasteiger partial charge in [0.1, 0.15) is 0 Å². The van der Waals surface area contributed by atoms with E-state index in [-0.39, 0.29) is 18.4 Å². The molecule has 2 aliphatic heterocycles. The molecular weight excluding hydrogens is 272 g/mol. The van der Waals surface area contributed by atoms with Crippen LogP contribution in [0.4, 0.5) is 0 Å². The summed E-state index contributed by atoms with van der Waals surface area (Å²) in [5.74, 6) is -1.78. The van der Waals surface area contributed by atoms with Crippen LogP contribution in [0.3, 0.4) is 0 Å². The maximum atomic E-state index is 12.2. The second kappa shape index (κ2) is 5.81. The van der Waals surface area contributed by atoms with E-state index in [1.165, 1.54) is 0 Å². The minimum Gasteiger partial charge on any atom is -0.481 e. The Balaban J connectivity index is 1.87. The number of nitrogens with zero attached hydrogens (tertiary/aromatic N) is 2. The molecule has 3 heterocycles. The van der Waals surface area contributed by atoms with Gasteiger partial charge >= 0.3 is 5.97 Å². The Kier molecular flexibility index (Phi) is 3.88. The van der Waals surface area contributed by atoms with Crippen molar-refractivity contribution in [3.63, 3.8) is 0 Å². The van der Waals surface area contributed by atoms with Crippen LogP contribution >= 0.6 is 0 Å². The Hall–Kier alpha value is -1.95.